The Morgan fingerprint density at radius 1 is 0.882 bits per heavy atom. The fourth-order valence-electron chi connectivity index (χ4n) is 0.929. The SMILES string of the molecule is C1=CCOC1.C=CC=C.C=Cc1ccccc1. The van der Waals surface area contributed by atoms with Crippen molar-refractivity contribution in [2.24, 2.45) is 0 Å². The Balaban J connectivity index is 0.000000246. The minimum absolute atomic E-state index is 0.819. The van der Waals surface area contributed by atoms with Crippen LogP contribution in [0.1, 0.15) is 5.56 Å². The zero-order chi connectivity index (χ0) is 12.8. The molecular weight excluding hydrogens is 208 g/mol. The summed E-state index contributed by atoms with van der Waals surface area (Å²) in [5, 5.41) is 0. The monoisotopic (exact) mass is 228 g/mol. The van der Waals surface area contributed by atoms with E-state index < -0.39 is 0 Å². The Hall–Kier alpha value is -1.86. The highest BCUT2D eigenvalue weighted by molar-refractivity contribution is 5.45. The third-order valence-electron chi connectivity index (χ3n) is 1.80. The minimum Gasteiger partial charge on any atom is -0.373 e. The standard InChI is InChI=1S/C8H8.C4H6O.C4H6/c1-2-8-6-4-3-5-7-8;1-2-4-5-3-1;1-3-4-2/h2-7H,1H2;1-2H,3-4H2;3-4H,1-2H2. The Kier molecular flexibility index (Phi) is 10.9. The summed E-state index contributed by atoms with van der Waals surface area (Å²) < 4.78 is 4.83. The van der Waals surface area contributed by atoms with Crippen LogP contribution < -0.4 is 0 Å². The van der Waals surface area contributed by atoms with Crippen LogP contribution in [0.4, 0.5) is 0 Å². The van der Waals surface area contributed by atoms with Gasteiger partial charge in [-0.15, -0.1) is 0 Å². The molecule has 2 rings (SSSR count). The van der Waals surface area contributed by atoms with E-state index in [-0.39, 0.29) is 0 Å². The van der Waals surface area contributed by atoms with E-state index in [1.54, 1.807) is 12.2 Å². The number of ether oxygens (including phenoxy) is 1. The molecule has 1 aliphatic rings. The minimum atomic E-state index is 0.819. The summed E-state index contributed by atoms with van der Waals surface area (Å²) in [6.45, 7) is 12.0. The molecule has 1 aromatic carbocycles. The Labute approximate surface area is 104 Å². The summed E-state index contributed by atoms with van der Waals surface area (Å²) in [5.41, 5.74) is 1.17. The van der Waals surface area contributed by atoms with E-state index in [9.17, 15) is 0 Å². The number of benzene rings is 1. The predicted molar refractivity (Wildman–Crippen MR) is 76.9 cm³/mol. The maximum Gasteiger partial charge on any atom is 0.0652 e. The number of hydrogen-bond acceptors (Lipinski definition) is 1. The first-order valence-corrected chi connectivity index (χ1v) is 5.48. The van der Waals surface area contributed by atoms with Crippen LogP contribution in [0.5, 0.6) is 0 Å². The highest BCUT2D eigenvalue weighted by atomic mass is 16.5. The van der Waals surface area contributed by atoms with E-state index in [2.05, 4.69) is 19.7 Å². The van der Waals surface area contributed by atoms with Gasteiger partial charge in [0.25, 0.3) is 0 Å². The number of hydrogen-bond donors (Lipinski definition) is 0. The molecule has 17 heavy (non-hydrogen) atoms. The number of allylic oxidation sites excluding steroid dienone is 2. The zero-order valence-corrected chi connectivity index (χ0v) is 10.2. The summed E-state index contributed by atoms with van der Waals surface area (Å²) in [7, 11) is 0. The second kappa shape index (κ2) is 12.2. The molecule has 1 heterocycles. The van der Waals surface area contributed by atoms with Gasteiger partial charge in [-0.05, 0) is 5.56 Å². The lowest BCUT2D eigenvalue weighted by Gasteiger charge is -1.85. The molecule has 0 radical (unpaired) electrons. The van der Waals surface area contributed by atoms with Gasteiger partial charge in [0.15, 0.2) is 0 Å². The molecule has 0 saturated heterocycles. The molecule has 0 aliphatic carbocycles. The molecule has 0 saturated carbocycles. The molecule has 1 nitrogen and oxygen atoms in total. The molecule has 0 N–H and O–H groups in total. The average Bonchev–Trinajstić information content (AvgIpc) is 2.99. The van der Waals surface area contributed by atoms with Crippen molar-refractivity contribution in [3.8, 4) is 0 Å². The first kappa shape index (κ1) is 15.1. The molecule has 0 atom stereocenters. The van der Waals surface area contributed by atoms with E-state index in [1.807, 2.05) is 48.6 Å². The average molecular weight is 228 g/mol. The largest absolute Gasteiger partial charge is 0.373 e. The molecule has 0 amide bonds. The molecule has 0 aromatic heterocycles. The topological polar surface area (TPSA) is 9.23 Å². The summed E-state index contributed by atoms with van der Waals surface area (Å²) in [5.74, 6) is 0. The highest BCUT2D eigenvalue weighted by Gasteiger charge is 1.83. The lowest BCUT2D eigenvalue weighted by atomic mass is 10.2. The van der Waals surface area contributed by atoms with Gasteiger partial charge < -0.3 is 4.74 Å². The van der Waals surface area contributed by atoms with Gasteiger partial charge in [-0.3, -0.25) is 0 Å². The molecule has 0 fully saturated rings. The highest BCUT2D eigenvalue weighted by Crippen LogP contribution is 1.97. The van der Waals surface area contributed by atoms with Gasteiger partial charge >= 0.3 is 0 Å². The Bertz CT molecular complexity index is 324. The molecule has 1 aromatic rings. The molecular formula is C16H20O. The second-order valence-corrected chi connectivity index (χ2v) is 3.10. The smallest absolute Gasteiger partial charge is 0.0652 e. The van der Waals surface area contributed by atoms with Gasteiger partial charge in [0.05, 0.1) is 13.2 Å². The third kappa shape index (κ3) is 10.4. The van der Waals surface area contributed by atoms with Crippen LogP contribution in [0.25, 0.3) is 6.08 Å². The van der Waals surface area contributed by atoms with Crippen LogP contribution in [-0.4, -0.2) is 13.2 Å². The maximum absolute atomic E-state index is 4.83. The van der Waals surface area contributed by atoms with Gasteiger partial charge in [0.2, 0.25) is 0 Å². The zero-order valence-electron chi connectivity index (χ0n) is 10.2. The van der Waals surface area contributed by atoms with Crippen LogP contribution in [0, 0.1) is 0 Å². The molecule has 0 bridgehead atoms. The molecule has 90 valence electrons. The van der Waals surface area contributed by atoms with E-state index in [0.29, 0.717) is 0 Å². The second-order valence-electron chi connectivity index (χ2n) is 3.10. The van der Waals surface area contributed by atoms with Gasteiger partial charge in [-0.1, -0.05) is 80.4 Å². The predicted octanol–water partition coefficient (Wildman–Crippen LogP) is 4.26. The third-order valence-corrected chi connectivity index (χ3v) is 1.80. The fourth-order valence-corrected chi connectivity index (χ4v) is 0.929. The van der Waals surface area contributed by atoms with Gasteiger partial charge in [-0.2, -0.15) is 0 Å². The van der Waals surface area contributed by atoms with Crippen molar-refractivity contribution < 1.29 is 4.74 Å². The van der Waals surface area contributed by atoms with Crippen molar-refractivity contribution in [2.45, 2.75) is 0 Å². The quantitative estimate of drug-likeness (QED) is 0.543. The van der Waals surface area contributed by atoms with Gasteiger partial charge in [-0.25, -0.2) is 0 Å². The first-order valence-electron chi connectivity index (χ1n) is 5.48. The molecule has 0 unspecified atom stereocenters. The van der Waals surface area contributed by atoms with Crippen molar-refractivity contribution >= 4 is 6.08 Å². The van der Waals surface area contributed by atoms with Crippen molar-refractivity contribution in [3.05, 3.63) is 79.9 Å². The van der Waals surface area contributed by atoms with E-state index in [1.165, 1.54) is 5.56 Å². The van der Waals surface area contributed by atoms with Crippen LogP contribution in [0.15, 0.2) is 74.4 Å². The summed E-state index contributed by atoms with van der Waals surface area (Å²) >= 11 is 0. The molecule has 1 heteroatoms. The van der Waals surface area contributed by atoms with Crippen molar-refractivity contribution in [3.63, 3.8) is 0 Å². The first-order chi connectivity index (χ1) is 8.35. The lowest BCUT2D eigenvalue weighted by Crippen LogP contribution is -1.76. The Morgan fingerprint density at radius 2 is 1.41 bits per heavy atom. The number of rotatable bonds is 2. The molecule has 1 aliphatic heterocycles. The van der Waals surface area contributed by atoms with Crippen LogP contribution >= 0.6 is 0 Å². The summed E-state index contributed by atoms with van der Waals surface area (Å²) in [6, 6.07) is 10.0. The summed E-state index contributed by atoms with van der Waals surface area (Å²) in [6.07, 6.45) is 9.14. The van der Waals surface area contributed by atoms with Crippen molar-refractivity contribution in [1.29, 1.82) is 0 Å². The van der Waals surface area contributed by atoms with Crippen LogP contribution in [-0.2, 0) is 4.74 Å². The maximum atomic E-state index is 4.83. The van der Waals surface area contributed by atoms with Crippen molar-refractivity contribution in [1.82, 2.24) is 0 Å². The normalized spacial score (nSPS) is 11.3. The summed E-state index contributed by atoms with van der Waals surface area (Å²) in [4.78, 5) is 0. The van der Waals surface area contributed by atoms with Gasteiger partial charge in [0, 0.05) is 0 Å². The van der Waals surface area contributed by atoms with E-state index in [4.69, 9.17) is 4.74 Å². The van der Waals surface area contributed by atoms with Crippen LogP contribution in [0.2, 0.25) is 0 Å². The fraction of sp³-hybridized carbons (Fsp3) is 0.125. The van der Waals surface area contributed by atoms with E-state index in [0.717, 1.165) is 13.2 Å². The van der Waals surface area contributed by atoms with Gasteiger partial charge in [0.1, 0.15) is 0 Å². The Morgan fingerprint density at radius 3 is 1.65 bits per heavy atom. The van der Waals surface area contributed by atoms with E-state index >= 15 is 0 Å². The lowest BCUT2D eigenvalue weighted by molar-refractivity contribution is 0.213. The van der Waals surface area contributed by atoms with Crippen molar-refractivity contribution in [2.75, 3.05) is 13.2 Å². The van der Waals surface area contributed by atoms with Crippen LogP contribution in [0.3, 0.4) is 0 Å². The molecule has 0 spiro atoms.